The van der Waals surface area contributed by atoms with Crippen molar-refractivity contribution in [3.63, 3.8) is 0 Å². The van der Waals surface area contributed by atoms with Crippen LogP contribution in [0.1, 0.15) is 17.5 Å². The molecular weight excluding hydrogens is 412 g/mol. The number of anilines is 3. The zero-order valence-electron chi connectivity index (χ0n) is 17.4. The quantitative estimate of drug-likeness (QED) is 0.573. The van der Waals surface area contributed by atoms with Crippen LogP contribution >= 0.6 is 0 Å². The first-order valence-corrected chi connectivity index (χ1v) is 10.4. The molecule has 32 heavy (non-hydrogen) atoms. The molecule has 0 atom stereocenters. The maximum Gasteiger partial charge on any atom is 0.243 e. The molecule has 0 heterocycles. The highest BCUT2D eigenvalue weighted by Gasteiger charge is 2.20. The van der Waals surface area contributed by atoms with Gasteiger partial charge in [-0.2, -0.15) is 0 Å². The number of para-hydroxylation sites is 2. The van der Waals surface area contributed by atoms with E-state index in [1.807, 2.05) is 18.2 Å². The van der Waals surface area contributed by atoms with Crippen molar-refractivity contribution >= 4 is 28.9 Å². The molecule has 2 amide bonds. The highest BCUT2D eigenvalue weighted by molar-refractivity contribution is 5.98. The molecular formula is C25H23F2N3O2. The van der Waals surface area contributed by atoms with Gasteiger partial charge in [-0.25, -0.2) is 8.78 Å². The van der Waals surface area contributed by atoms with E-state index in [4.69, 9.17) is 0 Å². The van der Waals surface area contributed by atoms with Crippen LogP contribution in [0.3, 0.4) is 0 Å². The van der Waals surface area contributed by atoms with Gasteiger partial charge < -0.3 is 15.5 Å². The third kappa shape index (κ3) is 5.11. The second kappa shape index (κ2) is 9.60. The van der Waals surface area contributed by atoms with Gasteiger partial charge in [0.2, 0.25) is 11.8 Å². The van der Waals surface area contributed by atoms with E-state index in [1.54, 1.807) is 17.0 Å². The molecule has 0 aliphatic heterocycles. The average Bonchev–Trinajstić information content (AvgIpc) is 3.24. The minimum atomic E-state index is -0.540. The number of amides is 2. The Bertz CT molecular complexity index is 1090. The molecule has 5 nitrogen and oxygen atoms in total. The van der Waals surface area contributed by atoms with E-state index in [1.165, 1.54) is 47.5 Å². The van der Waals surface area contributed by atoms with E-state index < -0.39 is 23.4 Å². The summed E-state index contributed by atoms with van der Waals surface area (Å²) in [5.41, 5.74) is 3.30. The van der Waals surface area contributed by atoms with Crippen molar-refractivity contribution < 1.29 is 18.4 Å². The Morgan fingerprint density at radius 3 is 1.84 bits per heavy atom. The van der Waals surface area contributed by atoms with Crippen LogP contribution in [0, 0.1) is 11.6 Å². The third-order valence-electron chi connectivity index (χ3n) is 5.41. The lowest BCUT2D eigenvalue weighted by molar-refractivity contribution is -0.115. The van der Waals surface area contributed by atoms with Gasteiger partial charge in [0.05, 0.1) is 24.5 Å². The molecule has 0 saturated carbocycles. The van der Waals surface area contributed by atoms with Crippen molar-refractivity contribution in [2.75, 3.05) is 28.6 Å². The minimum absolute atomic E-state index is 0.0715. The summed E-state index contributed by atoms with van der Waals surface area (Å²) >= 11 is 0. The predicted octanol–water partition coefficient (Wildman–Crippen LogP) is 4.54. The number of nitrogens with one attached hydrogen (secondary N) is 2. The maximum absolute atomic E-state index is 13.9. The molecule has 3 aromatic rings. The Labute approximate surface area is 185 Å². The van der Waals surface area contributed by atoms with Gasteiger partial charge in [0.1, 0.15) is 11.6 Å². The van der Waals surface area contributed by atoms with Crippen molar-refractivity contribution in [3.05, 3.63) is 89.5 Å². The first-order valence-electron chi connectivity index (χ1n) is 10.4. The van der Waals surface area contributed by atoms with E-state index in [-0.39, 0.29) is 24.5 Å². The second-order valence-electron chi connectivity index (χ2n) is 7.72. The Morgan fingerprint density at radius 2 is 1.28 bits per heavy atom. The largest absolute Gasteiger partial charge is 0.353 e. The topological polar surface area (TPSA) is 61.4 Å². The van der Waals surface area contributed by atoms with Crippen molar-refractivity contribution in [2.24, 2.45) is 0 Å². The summed E-state index contributed by atoms with van der Waals surface area (Å²) in [4.78, 5) is 26.9. The molecule has 0 saturated heterocycles. The van der Waals surface area contributed by atoms with Crippen molar-refractivity contribution in [1.29, 1.82) is 0 Å². The van der Waals surface area contributed by atoms with Crippen LogP contribution in [0.25, 0.3) is 0 Å². The highest BCUT2D eigenvalue weighted by Crippen LogP contribution is 2.27. The number of benzene rings is 3. The molecule has 1 aliphatic carbocycles. The van der Waals surface area contributed by atoms with Crippen LogP contribution in [0.5, 0.6) is 0 Å². The zero-order chi connectivity index (χ0) is 22.5. The molecule has 0 aromatic heterocycles. The van der Waals surface area contributed by atoms with E-state index in [9.17, 15) is 18.4 Å². The molecule has 0 unspecified atom stereocenters. The van der Waals surface area contributed by atoms with Crippen LogP contribution in [-0.2, 0) is 22.4 Å². The van der Waals surface area contributed by atoms with E-state index in [2.05, 4.69) is 10.6 Å². The van der Waals surface area contributed by atoms with Gasteiger partial charge in [-0.3, -0.25) is 9.59 Å². The van der Waals surface area contributed by atoms with Crippen LogP contribution in [0.2, 0.25) is 0 Å². The van der Waals surface area contributed by atoms with Crippen molar-refractivity contribution in [2.45, 2.75) is 19.3 Å². The Morgan fingerprint density at radius 1 is 0.750 bits per heavy atom. The molecule has 0 radical (unpaired) electrons. The number of halogens is 2. The van der Waals surface area contributed by atoms with E-state index in [0.29, 0.717) is 5.69 Å². The summed E-state index contributed by atoms with van der Waals surface area (Å²) in [5, 5.41) is 5.10. The smallest absolute Gasteiger partial charge is 0.243 e. The van der Waals surface area contributed by atoms with E-state index >= 15 is 0 Å². The monoisotopic (exact) mass is 435 g/mol. The van der Waals surface area contributed by atoms with Crippen LogP contribution < -0.4 is 15.5 Å². The summed E-state index contributed by atoms with van der Waals surface area (Å²) in [6.45, 7) is -0.338. The van der Waals surface area contributed by atoms with Crippen molar-refractivity contribution in [1.82, 2.24) is 0 Å². The molecule has 7 heteroatoms. The normalized spacial score (nSPS) is 12.2. The summed E-state index contributed by atoms with van der Waals surface area (Å²) < 4.78 is 27.8. The summed E-state index contributed by atoms with van der Waals surface area (Å²) in [6, 6.07) is 17.6. The van der Waals surface area contributed by atoms with Crippen molar-refractivity contribution in [3.8, 4) is 0 Å². The fourth-order valence-electron chi connectivity index (χ4n) is 3.84. The Kier molecular flexibility index (Phi) is 6.44. The molecule has 164 valence electrons. The van der Waals surface area contributed by atoms with Gasteiger partial charge in [-0.05, 0) is 66.8 Å². The standard InChI is InChI=1S/C25H23F2N3O2/c26-20-8-1-3-10-22(20)28-24(31)15-30(19-13-12-17-6-5-7-18(17)14-19)16-25(32)29-23-11-4-2-9-21(23)27/h1-4,8-14H,5-7,15-16H2,(H,28,31)(H,29,32). The molecule has 0 bridgehead atoms. The first-order chi connectivity index (χ1) is 15.5. The van der Waals surface area contributed by atoms with Gasteiger partial charge in [-0.15, -0.1) is 0 Å². The highest BCUT2D eigenvalue weighted by atomic mass is 19.1. The Hall–Kier alpha value is -3.74. The first kappa shape index (κ1) is 21.5. The lowest BCUT2D eigenvalue weighted by Gasteiger charge is -2.24. The summed E-state index contributed by atoms with van der Waals surface area (Å²) in [6.07, 6.45) is 3.03. The molecule has 0 spiro atoms. The minimum Gasteiger partial charge on any atom is -0.353 e. The van der Waals surface area contributed by atoms with Gasteiger partial charge in [0.25, 0.3) is 0 Å². The van der Waals surface area contributed by atoms with Gasteiger partial charge in [-0.1, -0.05) is 30.3 Å². The van der Waals surface area contributed by atoms with Gasteiger partial charge >= 0.3 is 0 Å². The number of fused-ring (bicyclic) bond motifs is 1. The van der Waals surface area contributed by atoms with Crippen LogP contribution in [0.15, 0.2) is 66.7 Å². The van der Waals surface area contributed by atoms with E-state index in [0.717, 1.165) is 19.3 Å². The third-order valence-corrected chi connectivity index (χ3v) is 5.41. The SMILES string of the molecule is O=C(CN(CC(=O)Nc1ccccc1F)c1ccc2c(c1)CCC2)Nc1ccccc1F. The fourth-order valence-corrected chi connectivity index (χ4v) is 3.84. The second-order valence-corrected chi connectivity index (χ2v) is 7.72. The Balaban J connectivity index is 1.52. The maximum atomic E-state index is 13.9. The van der Waals surface area contributed by atoms with Crippen LogP contribution in [-0.4, -0.2) is 24.9 Å². The number of carbonyl (C=O) groups is 2. The summed E-state index contributed by atoms with van der Waals surface area (Å²) in [7, 11) is 0. The molecule has 3 aromatic carbocycles. The average molecular weight is 435 g/mol. The number of hydrogen-bond acceptors (Lipinski definition) is 3. The van der Waals surface area contributed by atoms with Crippen LogP contribution in [0.4, 0.5) is 25.8 Å². The number of rotatable bonds is 7. The molecule has 4 rings (SSSR count). The number of carbonyl (C=O) groups excluding carboxylic acids is 2. The van der Waals surface area contributed by atoms with Gasteiger partial charge in [0.15, 0.2) is 0 Å². The summed E-state index contributed by atoms with van der Waals surface area (Å²) in [5.74, 6) is -2.01. The number of hydrogen-bond donors (Lipinski definition) is 2. The lowest BCUT2D eigenvalue weighted by atomic mass is 10.1. The zero-order valence-corrected chi connectivity index (χ0v) is 17.4. The number of nitrogens with zero attached hydrogens (tertiary/aromatic N) is 1. The number of aryl methyl sites for hydroxylation is 2. The van der Waals surface area contributed by atoms with Gasteiger partial charge in [0, 0.05) is 5.69 Å². The fraction of sp³-hybridized carbons (Fsp3) is 0.200. The lowest BCUT2D eigenvalue weighted by Crippen LogP contribution is -2.39. The molecule has 0 fully saturated rings. The molecule has 1 aliphatic rings. The molecule has 2 N–H and O–H groups in total. The predicted molar refractivity (Wildman–Crippen MR) is 121 cm³/mol.